The van der Waals surface area contributed by atoms with Crippen molar-refractivity contribution >= 4 is 16.9 Å². The van der Waals surface area contributed by atoms with E-state index in [-0.39, 0.29) is 13.0 Å². The maximum absolute atomic E-state index is 11.0. The molecule has 0 aliphatic heterocycles. The average Bonchev–Trinajstić information content (AvgIpc) is 3.25. The van der Waals surface area contributed by atoms with Gasteiger partial charge in [-0.25, -0.2) is 0 Å². The summed E-state index contributed by atoms with van der Waals surface area (Å²) < 4.78 is 12.3. The van der Waals surface area contributed by atoms with E-state index in [0.29, 0.717) is 18.7 Å². The lowest BCUT2D eigenvalue weighted by molar-refractivity contribution is -0.136. The van der Waals surface area contributed by atoms with Crippen LogP contribution in [0.15, 0.2) is 71.1 Å². The third kappa shape index (κ3) is 5.26. The van der Waals surface area contributed by atoms with E-state index in [1.807, 2.05) is 42.5 Å². The van der Waals surface area contributed by atoms with Gasteiger partial charge in [0.2, 0.25) is 0 Å². The lowest BCUT2D eigenvalue weighted by Crippen LogP contribution is -2.01. The lowest BCUT2D eigenvalue weighted by Gasteiger charge is -2.12. The van der Waals surface area contributed by atoms with Crippen LogP contribution in [0.25, 0.3) is 22.1 Å². The van der Waals surface area contributed by atoms with Gasteiger partial charge in [0.1, 0.15) is 23.7 Å². The topological polar surface area (TPSA) is 85.7 Å². The van der Waals surface area contributed by atoms with E-state index in [4.69, 9.17) is 20.0 Å². The summed E-state index contributed by atoms with van der Waals surface area (Å²) in [5.41, 5.74) is 12.2. The Morgan fingerprint density at radius 3 is 2.61 bits per heavy atom. The van der Waals surface area contributed by atoms with Crippen LogP contribution in [0.3, 0.4) is 0 Å². The van der Waals surface area contributed by atoms with Crippen molar-refractivity contribution in [1.29, 1.82) is 0 Å². The third-order valence-corrected chi connectivity index (χ3v) is 5.77. The van der Waals surface area contributed by atoms with E-state index >= 15 is 0 Å². The van der Waals surface area contributed by atoms with Gasteiger partial charge in [0.05, 0.1) is 0 Å². The number of carboxylic acids is 1. The molecule has 0 atom stereocenters. The van der Waals surface area contributed by atoms with Gasteiger partial charge in [-0.3, -0.25) is 4.79 Å². The van der Waals surface area contributed by atoms with Crippen molar-refractivity contribution in [2.75, 3.05) is 0 Å². The molecule has 1 heterocycles. The number of aryl methyl sites for hydroxylation is 2. The highest BCUT2D eigenvalue weighted by Crippen LogP contribution is 2.34. The summed E-state index contributed by atoms with van der Waals surface area (Å²) >= 11 is 0. The van der Waals surface area contributed by atoms with Crippen molar-refractivity contribution in [3.05, 3.63) is 89.2 Å². The van der Waals surface area contributed by atoms with E-state index in [0.717, 1.165) is 51.8 Å². The Morgan fingerprint density at radius 2 is 1.82 bits per heavy atom. The molecule has 5 heteroatoms. The number of rotatable bonds is 10. The maximum Gasteiger partial charge on any atom is 0.303 e. The van der Waals surface area contributed by atoms with Crippen LogP contribution >= 0.6 is 0 Å². The first kappa shape index (κ1) is 22.6. The molecule has 0 bridgehead atoms. The quantitative estimate of drug-likeness (QED) is 0.309. The summed E-state index contributed by atoms with van der Waals surface area (Å²) in [6, 6.07) is 22.1. The van der Waals surface area contributed by atoms with E-state index in [1.165, 1.54) is 5.56 Å². The first-order valence-corrected chi connectivity index (χ1v) is 11.3. The highest BCUT2D eigenvalue weighted by atomic mass is 16.5. The normalized spacial score (nSPS) is 11.1. The number of carbonyl (C=O) groups is 1. The summed E-state index contributed by atoms with van der Waals surface area (Å²) in [5.74, 6) is 0.577. The van der Waals surface area contributed by atoms with Crippen LogP contribution in [0.1, 0.15) is 42.2 Å². The fourth-order valence-corrected chi connectivity index (χ4v) is 4.13. The molecule has 0 saturated heterocycles. The highest BCUT2D eigenvalue weighted by molar-refractivity contribution is 5.93. The minimum atomic E-state index is -0.823. The SMILES string of the molecule is CCCc1ccc(CN)cc1-c1cccc2cc(COc3ccccc3CCC(=O)O)oc12. The predicted molar refractivity (Wildman–Crippen MR) is 130 cm³/mol. The molecule has 3 aromatic carbocycles. The van der Waals surface area contributed by atoms with Crippen molar-refractivity contribution in [3.63, 3.8) is 0 Å². The van der Waals surface area contributed by atoms with Crippen LogP contribution in [-0.2, 0) is 30.8 Å². The highest BCUT2D eigenvalue weighted by Gasteiger charge is 2.14. The summed E-state index contributed by atoms with van der Waals surface area (Å²) in [4.78, 5) is 11.0. The molecule has 5 nitrogen and oxygen atoms in total. The summed E-state index contributed by atoms with van der Waals surface area (Å²) in [7, 11) is 0. The first-order chi connectivity index (χ1) is 16.1. The van der Waals surface area contributed by atoms with Gasteiger partial charge in [0.15, 0.2) is 0 Å². The van der Waals surface area contributed by atoms with Gasteiger partial charge in [-0.15, -0.1) is 0 Å². The molecule has 0 amide bonds. The second kappa shape index (κ2) is 10.4. The Labute approximate surface area is 193 Å². The van der Waals surface area contributed by atoms with E-state index in [2.05, 4.69) is 31.2 Å². The van der Waals surface area contributed by atoms with E-state index in [9.17, 15) is 4.79 Å². The predicted octanol–water partition coefficient (Wildman–Crippen LogP) is 6.11. The second-order valence-corrected chi connectivity index (χ2v) is 8.17. The van der Waals surface area contributed by atoms with Crippen molar-refractivity contribution in [3.8, 4) is 16.9 Å². The van der Waals surface area contributed by atoms with Gasteiger partial charge in [0, 0.05) is 23.9 Å². The summed E-state index contributed by atoms with van der Waals surface area (Å²) in [6.45, 7) is 2.94. The number of carboxylic acid groups (broad SMARTS) is 1. The lowest BCUT2D eigenvalue weighted by atomic mass is 9.94. The van der Waals surface area contributed by atoms with Gasteiger partial charge in [-0.2, -0.15) is 0 Å². The molecule has 3 N–H and O–H groups in total. The number of ether oxygens (including phenoxy) is 1. The monoisotopic (exact) mass is 443 g/mol. The molecular weight excluding hydrogens is 414 g/mol. The van der Waals surface area contributed by atoms with Crippen LogP contribution in [0.5, 0.6) is 5.75 Å². The van der Waals surface area contributed by atoms with Crippen LogP contribution in [0.2, 0.25) is 0 Å². The zero-order valence-corrected chi connectivity index (χ0v) is 18.8. The summed E-state index contributed by atoms with van der Waals surface area (Å²) in [5, 5.41) is 10.0. The Bertz CT molecular complexity index is 1260. The van der Waals surface area contributed by atoms with Crippen LogP contribution in [0.4, 0.5) is 0 Å². The van der Waals surface area contributed by atoms with Gasteiger partial charge in [-0.05, 0) is 53.3 Å². The molecule has 0 fully saturated rings. The van der Waals surface area contributed by atoms with Crippen molar-refractivity contribution in [2.24, 2.45) is 5.73 Å². The number of furan rings is 1. The number of fused-ring (bicyclic) bond motifs is 1. The van der Waals surface area contributed by atoms with Gasteiger partial charge >= 0.3 is 5.97 Å². The zero-order valence-electron chi connectivity index (χ0n) is 18.8. The molecule has 0 spiro atoms. The van der Waals surface area contributed by atoms with Crippen molar-refractivity contribution in [1.82, 2.24) is 0 Å². The average molecular weight is 444 g/mol. The van der Waals surface area contributed by atoms with Crippen LogP contribution in [-0.4, -0.2) is 11.1 Å². The minimum Gasteiger partial charge on any atom is -0.485 e. The molecule has 0 aliphatic rings. The second-order valence-electron chi connectivity index (χ2n) is 8.17. The summed E-state index contributed by atoms with van der Waals surface area (Å²) in [6.07, 6.45) is 2.54. The molecule has 4 rings (SSSR count). The van der Waals surface area contributed by atoms with E-state index < -0.39 is 5.97 Å². The fraction of sp³-hybridized carbons (Fsp3) is 0.250. The molecule has 33 heavy (non-hydrogen) atoms. The molecule has 0 radical (unpaired) electrons. The third-order valence-electron chi connectivity index (χ3n) is 5.77. The number of nitrogens with two attached hydrogens (primary N) is 1. The Hall–Kier alpha value is -3.57. The number of hydrogen-bond acceptors (Lipinski definition) is 4. The Morgan fingerprint density at radius 1 is 0.970 bits per heavy atom. The van der Waals surface area contributed by atoms with Gasteiger partial charge in [0.25, 0.3) is 0 Å². The Balaban J connectivity index is 1.63. The smallest absolute Gasteiger partial charge is 0.303 e. The molecule has 0 aliphatic carbocycles. The maximum atomic E-state index is 11.0. The van der Waals surface area contributed by atoms with E-state index in [1.54, 1.807) is 0 Å². The largest absolute Gasteiger partial charge is 0.485 e. The molecular formula is C28H29NO4. The number of para-hydroxylation sites is 2. The van der Waals surface area contributed by atoms with Crippen LogP contribution in [0, 0.1) is 0 Å². The number of hydrogen-bond donors (Lipinski definition) is 2. The van der Waals surface area contributed by atoms with Crippen molar-refractivity contribution in [2.45, 2.75) is 45.8 Å². The van der Waals surface area contributed by atoms with Gasteiger partial charge < -0.3 is 20.0 Å². The van der Waals surface area contributed by atoms with Crippen LogP contribution < -0.4 is 10.5 Å². The van der Waals surface area contributed by atoms with Crippen molar-refractivity contribution < 1.29 is 19.1 Å². The zero-order chi connectivity index (χ0) is 23.2. The standard InChI is InChI=1S/C28H29NO4/c1-2-6-20-12-11-19(17-29)15-25(20)24-9-5-8-22-16-23(33-28(22)24)18-32-26-10-4-3-7-21(26)13-14-27(30)31/h3-5,7-12,15-16H,2,6,13-14,17-18,29H2,1H3,(H,30,31). The molecule has 1 aromatic heterocycles. The molecule has 4 aromatic rings. The molecule has 0 saturated carbocycles. The first-order valence-electron chi connectivity index (χ1n) is 11.3. The fourth-order valence-electron chi connectivity index (χ4n) is 4.13. The molecule has 0 unspecified atom stereocenters. The Kier molecular flexibility index (Phi) is 7.10. The number of aliphatic carboxylic acids is 1. The minimum absolute atomic E-state index is 0.0658. The van der Waals surface area contributed by atoms with Gasteiger partial charge in [-0.1, -0.05) is 61.9 Å². The molecule has 170 valence electrons. The number of benzene rings is 3.